The maximum atomic E-state index is 13.0. The molecule has 0 saturated carbocycles. The van der Waals surface area contributed by atoms with Crippen molar-refractivity contribution in [3.05, 3.63) is 128 Å². The van der Waals surface area contributed by atoms with E-state index >= 15 is 0 Å². The van der Waals surface area contributed by atoms with E-state index in [9.17, 15) is 49.9 Å². The van der Waals surface area contributed by atoms with Crippen molar-refractivity contribution in [1.82, 2.24) is 0 Å². The van der Waals surface area contributed by atoms with Crippen LogP contribution in [-0.4, -0.2) is 66.8 Å². The zero-order valence-corrected chi connectivity index (χ0v) is 28.3. The SMILES string of the molecule is O=C1C=C2C(=CC(S(=O)(=O)O)=CC2=NC(=O)c2ccc(NC(=O)Nc3ccc(C(=O)N=C4C=C(S(=O)(=O)O)C=C5CCC(=O)C=C54)cc3)cc2)CC1. The molecule has 0 heterocycles. The number of aliphatic imine (C=N–C) groups is 2. The minimum absolute atomic E-state index is 0.0829. The van der Waals surface area contributed by atoms with Gasteiger partial charge in [0.1, 0.15) is 0 Å². The Morgan fingerprint density at radius 1 is 0.538 bits per heavy atom. The minimum Gasteiger partial charge on any atom is -0.308 e. The van der Waals surface area contributed by atoms with E-state index in [1.165, 1.54) is 72.8 Å². The molecule has 4 aliphatic carbocycles. The van der Waals surface area contributed by atoms with Crippen LogP contribution >= 0.6 is 0 Å². The van der Waals surface area contributed by atoms with E-state index in [0.29, 0.717) is 22.3 Å². The van der Waals surface area contributed by atoms with Crippen LogP contribution in [0, 0.1) is 0 Å². The predicted octanol–water partition coefficient (Wildman–Crippen LogP) is 4.50. The first-order chi connectivity index (χ1) is 24.5. The van der Waals surface area contributed by atoms with Crippen LogP contribution in [0.5, 0.6) is 0 Å². The number of ketones is 2. The molecule has 264 valence electrons. The number of urea groups is 1. The summed E-state index contributed by atoms with van der Waals surface area (Å²) in [7, 11) is -9.22. The summed E-state index contributed by atoms with van der Waals surface area (Å²) in [6.07, 6.45) is 7.76. The highest BCUT2D eigenvalue weighted by molar-refractivity contribution is 7.90. The monoisotopic (exact) mass is 742 g/mol. The van der Waals surface area contributed by atoms with Crippen molar-refractivity contribution in [1.29, 1.82) is 0 Å². The minimum atomic E-state index is -4.61. The number of amides is 4. The lowest BCUT2D eigenvalue weighted by molar-refractivity contribution is -0.115. The molecule has 4 amide bonds. The van der Waals surface area contributed by atoms with Crippen LogP contribution in [0.25, 0.3) is 0 Å². The van der Waals surface area contributed by atoms with E-state index in [-0.39, 0.29) is 71.2 Å². The Labute approximate surface area is 296 Å². The molecule has 0 spiro atoms. The Kier molecular flexibility index (Phi) is 9.61. The molecule has 52 heavy (non-hydrogen) atoms. The third kappa shape index (κ3) is 8.13. The number of anilines is 2. The zero-order valence-electron chi connectivity index (χ0n) is 26.7. The van der Waals surface area contributed by atoms with Gasteiger partial charge in [-0.2, -0.15) is 16.8 Å². The normalized spacial score (nSPS) is 18.9. The fraction of sp³-hybridized carbons (Fsp3) is 0.114. The molecule has 0 radical (unpaired) electrons. The summed E-state index contributed by atoms with van der Waals surface area (Å²) in [6.45, 7) is 0. The third-order valence-corrected chi connectivity index (χ3v) is 9.81. The standard InChI is InChI=1S/C35H26N4O11S2/c40-25-11-5-21-13-27(51(45,46)47)17-31(29(21)15-25)38-33(42)19-1-7-23(8-2-19)36-35(44)37-24-9-3-20(4-10-24)34(43)39-32-18-28(52(48,49)50)14-22-6-12-26(41)16-30(22)32/h1-4,7-10,13-18H,5-6,11-12H2,(H2,36,37,44)(H,45,46,47)(H,48,49,50). The van der Waals surface area contributed by atoms with Crippen LogP contribution in [0.1, 0.15) is 46.4 Å². The topological polar surface area (TPSA) is 243 Å². The van der Waals surface area contributed by atoms with Crippen molar-refractivity contribution in [2.24, 2.45) is 9.98 Å². The molecule has 4 N–H and O–H groups in total. The van der Waals surface area contributed by atoms with Gasteiger partial charge in [-0.05, 0) is 109 Å². The molecule has 6 rings (SSSR count). The van der Waals surface area contributed by atoms with Crippen molar-refractivity contribution in [2.75, 3.05) is 10.6 Å². The van der Waals surface area contributed by atoms with E-state index < -0.39 is 47.9 Å². The van der Waals surface area contributed by atoms with Crippen LogP contribution in [0.4, 0.5) is 16.2 Å². The Hall–Kier alpha value is -6.01. The fourth-order valence-corrected chi connectivity index (χ4v) is 6.69. The van der Waals surface area contributed by atoms with E-state index in [2.05, 4.69) is 20.6 Å². The smallest absolute Gasteiger partial charge is 0.308 e. The average molecular weight is 743 g/mol. The zero-order chi connectivity index (χ0) is 37.4. The number of carbonyl (C=O) groups excluding carboxylic acids is 5. The lowest BCUT2D eigenvalue weighted by Crippen LogP contribution is -2.20. The molecule has 15 nitrogen and oxygen atoms in total. The highest BCUT2D eigenvalue weighted by atomic mass is 32.2. The van der Waals surface area contributed by atoms with Gasteiger partial charge < -0.3 is 10.6 Å². The summed E-state index contributed by atoms with van der Waals surface area (Å²) in [6, 6.07) is 10.5. The number of hydrogen-bond acceptors (Lipinski definition) is 9. The second kappa shape index (κ2) is 14.0. The van der Waals surface area contributed by atoms with Gasteiger partial charge in [-0.1, -0.05) is 0 Å². The van der Waals surface area contributed by atoms with E-state index in [1.54, 1.807) is 0 Å². The third-order valence-electron chi connectivity index (χ3n) is 8.15. The van der Waals surface area contributed by atoms with Gasteiger partial charge in [-0.25, -0.2) is 14.8 Å². The highest BCUT2D eigenvalue weighted by Crippen LogP contribution is 2.32. The first kappa shape index (κ1) is 35.8. The van der Waals surface area contributed by atoms with Crippen molar-refractivity contribution < 1.29 is 49.9 Å². The van der Waals surface area contributed by atoms with Gasteiger partial charge in [0, 0.05) is 46.5 Å². The van der Waals surface area contributed by atoms with Gasteiger partial charge in [-0.15, -0.1) is 0 Å². The molecule has 0 aliphatic heterocycles. The Morgan fingerprint density at radius 3 is 1.25 bits per heavy atom. The first-order valence-electron chi connectivity index (χ1n) is 15.4. The summed E-state index contributed by atoms with van der Waals surface area (Å²) in [5.41, 5.74) is 2.03. The maximum Gasteiger partial charge on any atom is 0.323 e. The number of rotatable bonds is 6. The number of benzene rings is 2. The largest absolute Gasteiger partial charge is 0.323 e. The summed E-state index contributed by atoms with van der Waals surface area (Å²) >= 11 is 0. The van der Waals surface area contributed by atoms with Gasteiger partial charge >= 0.3 is 6.03 Å². The molecule has 0 fully saturated rings. The molecule has 0 aromatic heterocycles. The lowest BCUT2D eigenvalue weighted by Gasteiger charge is -2.20. The molecule has 17 heteroatoms. The van der Waals surface area contributed by atoms with Gasteiger partial charge in [0.05, 0.1) is 21.2 Å². The molecule has 0 atom stereocenters. The van der Waals surface area contributed by atoms with Crippen LogP contribution in [-0.2, 0) is 29.8 Å². The summed E-state index contributed by atoms with van der Waals surface area (Å²) < 4.78 is 66.2. The summed E-state index contributed by atoms with van der Waals surface area (Å²) in [4.78, 5) is 69.7. The van der Waals surface area contributed by atoms with Gasteiger partial charge in [0.15, 0.2) is 11.6 Å². The molecule has 2 aromatic rings. The molecular weight excluding hydrogens is 717 g/mol. The quantitative estimate of drug-likeness (QED) is 0.300. The first-order valence-corrected chi connectivity index (χ1v) is 18.3. The Balaban J connectivity index is 1.11. The second-order valence-electron chi connectivity index (χ2n) is 11.8. The Morgan fingerprint density at radius 2 is 0.904 bits per heavy atom. The second-order valence-corrected chi connectivity index (χ2v) is 14.6. The van der Waals surface area contributed by atoms with Crippen molar-refractivity contribution in [2.45, 2.75) is 25.7 Å². The average Bonchev–Trinajstić information content (AvgIpc) is 3.08. The number of hydrogen-bond donors (Lipinski definition) is 4. The summed E-state index contributed by atoms with van der Waals surface area (Å²) in [5.74, 6) is -1.97. The van der Waals surface area contributed by atoms with Gasteiger partial charge in [0.25, 0.3) is 32.1 Å². The van der Waals surface area contributed by atoms with Crippen LogP contribution in [0.15, 0.2) is 127 Å². The van der Waals surface area contributed by atoms with E-state index in [0.717, 1.165) is 12.2 Å². The van der Waals surface area contributed by atoms with Crippen LogP contribution in [0.2, 0.25) is 0 Å². The lowest BCUT2D eigenvalue weighted by atomic mass is 9.86. The van der Waals surface area contributed by atoms with Crippen molar-refractivity contribution in [3.63, 3.8) is 0 Å². The number of nitrogens with zero attached hydrogens (tertiary/aromatic N) is 2. The van der Waals surface area contributed by atoms with E-state index in [4.69, 9.17) is 0 Å². The number of carbonyl (C=O) groups is 5. The molecule has 0 unspecified atom stereocenters. The molecule has 0 bridgehead atoms. The van der Waals surface area contributed by atoms with E-state index in [1.807, 2.05) is 0 Å². The molecule has 0 saturated heterocycles. The highest BCUT2D eigenvalue weighted by Gasteiger charge is 2.28. The Bertz CT molecular complexity index is 2290. The number of allylic oxidation sites excluding steroid dienone is 10. The predicted molar refractivity (Wildman–Crippen MR) is 189 cm³/mol. The molecule has 2 aromatic carbocycles. The van der Waals surface area contributed by atoms with Crippen molar-refractivity contribution >= 4 is 72.4 Å². The van der Waals surface area contributed by atoms with Crippen LogP contribution < -0.4 is 10.6 Å². The van der Waals surface area contributed by atoms with Crippen LogP contribution in [0.3, 0.4) is 0 Å². The fourth-order valence-electron chi connectivity index (χ4n) is 5.58. The number of fused-ring (bicyclic) bond motifs is 2. The van der Waals surface area contributed by atoms with Crippen molar-refractivity contribution in [3.8, 4) is 0 Å². The maximum absolute atomic E-state index is 13.0. The van der Waals surface area contributed by atoms with Gasteiger partial charge in [-0.3, -0.25) is 28.3 Å². The molecular formula is C35H26N4O11S2. The van der Waals surface area contributed by atoms with Gasteiger partial charge in [0.2, 0.25) is 0 Å². The number of nitrogens with one attached hydrogen (secondary N) is 2. The molecule has 4 aliphatic rings. The summed E-state index contributed by atoms with van der Waals surface area (Å²) in [5, 5.41) is 5.16.